The van der Waals surface area contributed by atoms with Gasteiger partial charge in [0.05, 0.1) is 10.6 Å². The molecule has 2 rings (SSSR count). The minimum Gasteiger partial charge on any atom is -0.349 e. The summed E-state index contributed by atoms with van der Waals surface area (Å²) in [6.07, 6.45) is 1.27. The second kappa shape index (κ2) is 6.96. The smallest absolute Gasteiger partial charge is 0.319 e. The van der Waals surface area contributed by atoms with Gasteiger partial charge in [0, 0.05) is 33.2 Å². The van der Waals surface area contributed by atoms with Gasteiger partial charge in [0.1, 0.15) is 5.82 Å². The summed E-state index contributed by atoms with van der Waals surface area (Å²) < 4.78 is 13.7. The number of amides is 3. The van der Waals surface area contributed by atoms with Crippen LogP contribution in [0, 0.1) is 5.82 Å². The Labute approximate surface area is 134 Å². The van der Waals surface area contributed by atoms with Crippen LogP contribution >= 0.6 is 11.6 Å². The van der Waals surface area contributed by atoms with Gasteiger partial charge in [-0.25, -0.2) is 9.18 Å². The van der Waals surface area contributed by atoms with Crippen molar-refractivity contribution in [3.05, 3.63) is 34.6 Å². The number of carbonyl (C=O) groups is 2. The van der Waals surface area contributed by atoms with Gasteiger partial charge in [0.2, 0.25) is 0 Å². The number of likely N-dealkylation sites (tertiary alicyclic amines) is 1. The molecule has 1 aromatic carbocycles. The number of nitrogens with zero attached hydrogens (tertiary/aromatic N) is 2. The standard InChI is InChI=1S/C15H19ClFN3O2/c1-19(2)15(22)20-8-6-10(7-9-20)18-14(21)13-11(16)4-3-5-12(13)17/h3-5,10H,6-9H2,1-2H3,(H,18,21). The monoisotopic (exact) mass is 327 g/mol. The van der Waals surface area contributed by atoms with Crippen molar-refractivity contribution in [1.29, 1.82) is 0 Å². The highest BCUT2D eigenvalue weighted by Gasteiger charge is 2.26. The molecular weight excluding hydrogens is 309 g/mol. The minimum absolute atomic E-state index is 0.0399. The molecule has 0 aromatic heterocycles. The van der Waals surface area contributed by atoms with Gasteiger partial charge in [-0.1, -0.05) is 17.7 Å². The molecule has 120 valence electrons. The lowest BCUT2D eigenvalue weighted by Crippen LogP contribution is -2.49. The number of hydrogen-bond donors (Lipinski definition) is 1. The molecule has 0 atom stereocenters. The molecule has 0 saturated carbocycles. The molecule has 3 amide bonds. The molecule has 1 heterocycles. The minimum atomic E-state index is -0.634. The van der Waals surface area contributed by atoms with E-state index < -0.39 is 11.7 Å². The van der Waals surface area contributed by atoms with Crippen molar-refractivity contribution < 1.29 is 14.0 Å². The van der Waals surface area contributed by atoms with E-state index in [1.807, 2.05) is 0 Å². The van der Waals surface area contributed by atoms with Gasteiger partial charge >= 0.3 is 6.03 Å². The second-order valence-electron chi connectivity index (χ2n) is 5.51. The predicted molar refractivity (Wildman–Crippen MR) is 82.6 cm³/mol. The van der Waals surface area contributed by atoms with Crippen LogP contribution in [0.5, 0.6) is 0 Å². The molecular formula is C15H19ClFN3O2. The van der Waals surface area contributed by atoms with Crippen LogP contribution in [0.2, 0.25) is 5.02 Å². The summed E-state index contributed by atoms with van der Waals surface area (Å²) in [5, 5.41) is 2.89. The molecule has 0 spiro atoms. The molecule has 0 bridgehead atoms. The third kappa shape index (κ3) is 3.68. The van der Waals surface area contributed by atoms with Gasteiger partial charge in [-0.2, -0.15) is 0 Å². The molecule has 1 aliphatic heterocycles. The number of nitrogens with one attached hydrogen (secondary N) is 1. The van der Waals surface area contributed by atoms with E-state index in [4.69, 9.17) is 11.6 Å². The fourth-order valence-electron chi connectivity index (χ4n) is 2.47. The first kappa shape index (κ1) is 16.5. The Hall–Kier alpha value is -1.82. The molecule has 5 nitrogen and oxygen atoms in total. The topological polar surface area (TPSA) is 52.7 Å². The number of rotatable bonds is 2. The molecule has 1 aromatic rings. The van der Waals surface area contributed by atoms with Crippen LogP contribution in [0.15, 0.2) is 18.2 Å². The Morgan fingerprint density at radius 2 is 1.95 bits per heavy atom. The van der Waals surface area contributed by atoms with E-state index in [-0.39, 0.29) is 22.7 Å². The molecule has 0 aliphatic carbocycles. The molecule has 1 aliphatic rings. The first-order valence-electron chi connectivity index (χ1n) is 7.11. The van der Waals surface area contributed by atoms with E-state index in [0.717, 1.165) is 0 Å². The fourth-order valence-corrected chi connectivity index (χ4v) is 2.72. The SMILES string of the molecule is CN(C)C(=O)N1CCC(NC(=O)c2c(F)cccc2Cl)CC1. The number of hydrogen-bond acceptors (Lipinski definition) is 2. The van der Waals surface area contributed by atoms with Gasteiger partial charge in [-0.05, 0) is 25.0 Å². The van der Waals surface area contributed by atoms with Gasteiger partial charge < -0.3 is 15.1 Å². The molecule has 0 radical (unpaired) electrons. The number of benzene rings is 1. The van der Waals surface area contributed by atoms with E-state index in [1.165, 1.54) is 23.1 Å². The summed E-state index contributed by atoms with van der Waals surface area (Å²) in [6.45, 7) is 1.12. The van der Waals surface area contributed by atoms with Gasteiger partial charge in [-0.3, -0.25) is 4.79 Å². The van der Waals surface area contributed by atoms with Crippen LogP contribution in [0.25, 0.3) is 0 Å². The lowest BCUT2D eigenvalue weighted by atomic mass is 10.0. The zero-order chi connectivity index (χ0) is 16.3. The van der Waals surface area contributed by atoms with E-state index >= 15 is 0 Å². The Morgan fingerprint density at radius 3 is 2.50 bits per heavy atom. The highest BCUT2D eigenvalue weighted by molar-refractivity contribution is 6.33. The molecule has 22 heavy (non-hydrogen) atoms. The second-order valence-corrected chi connectivity index (χ2v) is 5.92. The van der Waals surface area contributed by atoms with Crippen molar-refractivity contribution in [2.45, 2.75) is 18.9 Å². The van der Waals surface area contributed by atoms with Crippen LogP contribution in [0.1, 0.15) is 23.2 Å². The van der Waals surface area contributed by atoms with Gasteiger partial charge in [-0.15, -0.1) is 0 Å². The van der Waals surface area contributed by atoms with Crippen LogP contribution < -0.4 is 5.32 Å². The van der Waals surface area contributed by atoms with Crippen molar-refractivity contribution in [2.75, 3.05) is 27.2 Å². The zero-order valence-electron chi connectivity index (χ0n) is 12.6. The van der Waals surface area contributed by atoms with Crippen molar-refractivity contribution in [3.63, 3.8) is 0 Å². The maximum Gasteiger partial charge on any atom is 0.319 e. The summed E-state index contributed by atoms with van der Waals surface area (Å²) in [4.78, 5) is 27.2. The van der Waals surface area contributed by atoms with Crippen LogP contribution in [0.4, 0.5) is 9.18 Å². The lowest BCUT2D eigenvalue weighted by molar-refractivity contribution is 0.0910. The molecule has 1 fully saturated rings. The first-order chi connectivity index (χ1) is 10.4. The highest BCUT2D eigenvalue weighted by Crippen LogP contribution is 2.20. The Kier molecular flexibility index (Phi) is 5.24. The third-order valence-electron chi connectivity index (χ3n) is 3.67. The maximum atomic E-state index is 13.7. The van der Waals surface area contributed by atoms with E-state index in [9.17, 15) is 14.0 Å². The quantitative estimate of drug-likeness (QED) is 0.906. The molecule has 0 unspecified atom stereocenters. The molecule has 7 heteroatoms. The Morgan fingerprint density at radius 1 is 1.32 bits per heavy atom. The van der Waals surface area contributed by atoms with Crippen LogP contribution in [-0.2, 0) is 0 Å². The van der Waals surface area contributed by atoms with Crippen LogP contribution in [-0.4, -0.2) is 55.0 Å². The molecule has 1 saturated heterocycles. The Balaban J connectivity index is 1.94. The number of halogens is 2. The van der Waals surface area contributed by atoms with Crippen molar-refractivity contribution in [3.8, 4) is 0 Å². The van der Waals surface area contributed by atoms with E-state index in [2.05, 4.69) is 5.32 Å². The third-order valence-corrected chi connectivity index (χ3v) is 3.99. The summed E-state index contributed by atoms with van der Waals surface area (Å²) >= 11 is 5.88. The van der Waals surface area contributed by atoms with Gasteiger partial charge in [0.25, 0.3) is 5.91 Å². The number of carbonyl (C=O) groups excluding carboxylic acids is 2. The first-order valence-corrected chi connectivity index (χ1v) is 7.49. The van der Waals surface area contributed by atoms with Crippen molar-refractivity contribution in [1.82, 2.24) is 15.1 Å². The normalized spacial score (nSPS) is 15.5. The number of piperidine rings is 1. The summed E-state index contributed by atoms with van der Waals surface area (Å²) in [6, 6.07) is 4.02. The Bertz CT molecular complexity index is 552. The lowest BCUT2D eigenvalue weighted by Gasteiger charge is -2.34. The van der Waals surface area contributed by atoms with Gasteiger partial charge in [0.15, 0.2) is 0 Å². The average molecular weight is 328 g/mol. The predicted octanol–water partition coefficient (Wildman–Crippen LogP) is 2.35. The molecule has 1 N–H and O–H groups in total. The number of urea groups is 1. The van der Waals surface area contributed by atoms with E-state index in [1.54, 1.807) is 19.0 Å². The highest BCUT2D eigenvalue weighted by atomic mass is 35.5. The maximum absolute atomic E-state index is 13.7. The summed E-state index contributed by atoms with van der Waals surface area (Å²) in [5.41, 5.74) is -0.129. The summed E-state index contributed by atoms with van der Waals surface area (Å²) in [5.74, 6) is -1.15. The van der Waals surface area contributed by atoms with Crippen LogP contribution in [0.3, 0.4) is 0 Å². The average Bonchev–Trinajstić information content (AvgIpc) is 2.47. The van der Waals surface area contributed by atoms with Crippen molar-refractivity contribution >= 4 is 23.5 Å². The summed E-state index contributed by atoms with van der Waals surface area (Å²) in [7, 11) is 3.41. The van der Waals surface area contributed by atoms with E-state index in [0.29, 0.717) is 25.9 Å². The fraction of sp³-hybridized carbons (Fsp3) is 0.467. The largest absolute Gasteiger partial charge is 0.349 e. The van der Waals surface area contributed by atoms with Crippen molar-refractivity contribution in [2.24, 2.45) is 0 Å². The zero-order valence-corrected chi connectivity index (χ0v) is 13.4.